The van der Waals surface area contributed by atoms with Gasteiger partial charge in [0.2, 0.25) is 0 Å². The lowest BCUT2D eigenvalue weighted by atomic mass is 9.92. The highest BCUT2D eigenvalue weighted by Crippen LogP contribution is 2.38. The first kappa shape index (κ1) is 14.8. The van der Waals surface area contributed by atoms with E-state index in [1.54, 1.807) is 7.11 Å². The lowest BCUT2D eigenvalue weighted by Crippen LogP contribution is -2.19. The first-order valence-electron chi connectivity index (χ1n) is 5.81. The van der Waals surface area contributed by atoms with Crippen molar-refractivity contribution in [1.29, 1.82) is 0 Å². The third-order valence-corrected chi connectivity index (χ3v) is 3.95. The molecule has 2 nitrogen and oxygen atoms in total. The lowest BCUT2D eigenvalue weighted by Gasteiger charge is -2.21. The summed E-state index contributed by atoms with van der Waals surface area (Å²) in [6.45, 7) is 0. The molecule has 0 spiro atoms. The normalized spacial score (nSPS) is 17.6. The Morgan fingerprint density at radius 1 is 1.35 bits per heavy atom. The van der Waals surface area contributed by atoms with Crippen LogP contribution < -0.4 is 10.5 Å². The van der Waals surface area contributed by atoms with Crippen LogP contribution in [0, 0.1) is 5.92 Å². The van der Waals surface area contributed by atoms with E-state index in [0.717, 1.165) is 15.8 Å². The number of hydrogen-bond donors (Lipinski definition) is 1. The molecule has 1 saturated carbocycles. The number of halogens is 2. The van der Waals surface area contributed by atoms with E-state index in [2.05, 4.69) is 22.0 Å². The monoisotopic (exact) mass is 319 g/mol. The minimum Gasteiger partial charge on any atom is -0.496 e. The Morgan fingerprint density at radius 2 is 2.00 bits per heavy atom. The quantitative estimate of drug-likeness (QED) is 0.911. The molecule has 1 aliphatic carbocycles. The van der Waals surface area contributed by atoms with Gasteiger partial charge < -0.3 is 10.5 Å². The molecule has 0 bridgehead atoms. The van der Waals surface area contributed by atoms with Crippen LogP contribution in [-0.4, -0.2) is 7.11 Å². The summed E-state index contributed by atoms with van der Waals surface area (Å²) in [5.41, 5.74) is 7.47. The lowest BCUT2D eigenvalue weighted by molar-refractivity contribution is 0.385. The average molecular weight is 321 g/mol. The number of nitrogens with two attached hydrogens (primary N) is 1. The Bertz CT molecular complexity index is 366. The summed E-state index contributed by atoms with van der Waals surface area (Å²) in [6, 6.07) is 6.16. The maximum absolute atomic E-state index is 6.34. The van der Waals surface area contributed by atoms with Gasteiger partial charge in [0.25, 0.3) is 0 Å². The zero-order chi connectivity index (χ0) is 11.5. The molecule has 4 heteroatoms. The molecule has 17 heavy (non-hydrogen) atoms. The van der Waals surface area contributed by atoms with Gasteiger partial charge >= 0.3 is 0 Å². The zero-order valence-electron chi connectivity index (χ0n) is 9.99. The Morgan fingerprint density at radius 3 is 2.59 bits per heavy atom. The van der Waals surface area contributed by atoms with Crippen LogP contribution in [0.25, 0.3) is 0 Å². The third kappa shape index (κ3) is 3.36. The summed E-state index contributed by atoms with van der Waals surface area (Å²) < 4.78 is 6.45. The van der Waals surface area contributed by atoms with Crippen molar-refractivity contribution in [2.75, 3.05) is 7.11 Å². The number of ether oxygens (including phenoxy) is 1. The Hall–Kier alpha value is -0.250. The summed E-state index contributed by atoms with van der Waals surface area (Å²) in [7, 11) is 1.70. The second kappa shape index (κ2) is 6.62. The second-order valence-electron chi connectivity index (χ2n) is 4.46. The van der Waals surface area contributed by atoms with E-state index in [1.165, 1.54) is 25.7 Å². The summed E-state index contributed by atoms with van der Waals surface area (Å²) in [4.78, 5) is 0. The average Bonchev–Trinajstić information content (AvgIpc) is 2.81. The van der Waals surface area contributed by atoms with E-state index in [9.17, 15) is 0 Å². The predicted octanol–water partition coefficient (Wildman–Crippen LogP) is 4.07. The SMILES string of the molecule is COc1ccc(Br)cc1[C@H](N)C1CCCC1.Cl. The van der Waals surface area contributed by atoms with Crippen LogP contribution in [0.2, 0.25) is 0 Å². The highest BCUT2D eigenvalue weighted by atomic mass is 79.9. The van der Waals surface area contributed by atoms with Crippen LogP contribution in [0.1, 0.15) is 37.3 Å². The van der Waals surface area contributed by atoms with E-state index in [0.29, 0.717) is 5.92 Å². The molecule has 1 fully saturated rings. The zero-order valence-corrected chi connectivity index (χ0v) is 12.4. The number of rotatable bonds is 3. The number of methoxy groups -OCH3 is 1. The number of hydrogen-bond acceptors (Lipinski definition) is 2. The maximum atomic E-state index is 6.34. The first-order chi connectivity index (χ1) is 7.72. The first-order valence-corrected chi connectivity index (χ1v) is 6.60. The van der Waals surface area contributed by atoms with Gasteiger partial charge in [0.1, 0.15) is 5.75 Å². The van der Waals surface area contributed by atoms with Crippen molar-refractivity contribution in [3.05, 3.63) is 28.2 Å². The predicted molar refractivity (Wildman–Crippen MR) is 76.8 cm³/mol. The van der Waals surface area contributed by atoms with Gasteiger partial charge in [-0.1, -0.05) is 28.8 Å². The fourth-order valence-corrected chi connectivity index (χ4v) is 2.91. The van der Waals surface area contributed by atoms with Gasteiger partial charge in [0, 0.05) is 16.1 Å². The third-order valence-electron chi connectivity index (χ3n) is 3.46. The van der Waals surface area contributed by atoms with Gasteiger partial charge in [-0.25, -0.2) is 0 Å². The smallest absolute Gasteiger partial charge is 0.123 e. The van der Waals surface area contributed by atoms with Gasteiger partial charge in [0.15, 0.2) is 0 Å². The van der Waals surface area contributed by atoms with Gasteiger partial charge in [-0.2, -0.15) is 0 Å². The minimum atomic E-state index is 0. The topological polar surface area (TPSA) is 35.2 Å². The van der Waals surface area contributed by atoms with Crippen molar-refractivity contribution in [2.45, 2.75) is 31.7 Å². The van der Waals surface area contributed by atoms with Crippen LogP contribution in [-0.2, 0) is 0 Å². The van der Waals surface area contributed by atoms with Crippen molar-refractivity contribution in [2.24, 2.45) is 11.7 Å². The van der Waals surface area contributed by atoms with Crippen molar-refractivity contribution in [3.63, 3.8) is 0 Å². The van der Waals surface area contributed by atoms with Gasteiger partial charge in [0.05, 0.1) is 7.11 Å². The second-order valence-corrected chi connectivity index (χ2v) is 5.37. The highest BCUT2D eigenvalue weighted by Gasteiger charge is 2.25. The molecule has 0 radical (unpaired) electrons. The van der Waals surface area contributed by atoms with Crippen LogP contribution in [0.3, 0.4) is 0 Å². The van der Waals surface area contributed by atoms with Crippen molar-refractivity contribution >= 4 is 28.3 Å². The number of benzene rings is 1. The molecule has 0 heterocycles. The largest absolute Gasteiger partial charge is 0.496 e. The summed E-state index contributed by atoms with van der Waals surface area (Å²) >= 11 is 3.49. The molecule has 96 valence electrons. The molecule has 2 N–H and O–H groups in total. The molecule has 1 aliphatic rings. The maximum Gasteiger partial charge on any atom is 0.123 e. The van der Waals surface area contributed by atoms with Gasteiger partial charge in [-0.3, -0.25) is 0 Å². The molecule has 0 unspecified atom stereocenters. The fourth-order valence-electron chi connectivity index (χ4n) is 2.54. The summed E-state index contributed by atoms with van der Waals surface area (Å²) in [5.74, 6) is 1.52. The van der Waals surface area contributed by atoms with Crippen molar-refractivity contribution in [1.82, 2.24) is 0 Å². The van der Waals surface area contributed by atoms with Crippen LogP contribution in [0.5, 0.6) is 5.75 Å². The molecule has 2 rings (SSSR count). The Balaban J connectivity index is 0.00000144. The van der Waals surface area contributed by atoms with Gasteiger partial charge in [-0.15, -0.1) is 12.4 Å². The molecular formula is C13H19BrClNO. The van der Waals surface area contributed by atoms with Gasteiger partial charge in [-0.05, 0) is 37.0 Å². The fraction of sp³-hybridized carbons (Fsp3) is 0.538. The molecule has 1 aromatic rings. The molecule has 0 saturated heterocycles. The van der Waals surface area contributed by atoms with Crippen LogP contribution >= 0.6 is 28.3 Å². The summed E-state index contributed by atoms with van der Waals surface area (Å²) in [6.07, 6.45) is 5.12. The minimum absolute atomic E-state index is 0. The van der Waals surface area contributed by atoms with E-state index >= 15 is 0 Å². The molecule has 1 aromatic carbocycles. The highest BCUT2D eigenvalue weighted by molar-refractivity contribution is 9.10. The van der Waals surface area contributed by atoms with Crippen molar-refractivity contribution < 1.29 is 4.74 Å². The molecule has 1 atom stereocenters. The van der Waals surface area contributed by atoms with Crippen LogP contribution in [0.4, 0.5) is 0 Å². The van der Waals surface area contributed by atoms with Crippen molar-refractivity contribution in [3.8, 4) is 5.75 Å². The molecular weight excluding hydrogens is 302 g/mol. The van der Waals surface area contributed by atoms with E-state index < -0.39 is 0 Å². The van der Waals surface area contributed by atoms with E-state index in [1.807, 2.05) is 12.1 Å². The Labute approximate surface area is 117 Å². The van der Waals surface area contributed by atoms with E-state index in [-0.39, 0.29) is 18.4 Å². The summed E-state index contributed by atoms with van der Waals surface area (Å²) in [5, 5.41) is 0. The van der Waals surface area contributed by atoms with Crippen LogP contribution in [0.15, 0.2) is 22.7 Å². The molecule has 0 aromatic heterocycles. The Kier molecular flexibility index (Phi) is 5.77. The molecule has 0 amide bonds. The standard InChI is InChI=1S/C13H18BrNO.ClH/c1-16-12-7-6-10(14)8-11(12)13(15)9-4-2-3-5-9;/h6-9,13H,2-5,15H2,1H3;1H/t13-;/m1./s1. The van der Waals surface area contributed by atoms with E-state index in [4.69, 9.17) is 10.5 Å². The molecule has 0 aliphatic heterocycles.